The van der Waals surface area contributed by atoms with Crippen molar-refractivity contribution in [3.8, 4) is 0 Å². The number of nitrogens with two attached hydrogens (primary N) is 1. The molecule has 1 aliphatic rings. The van der Waals surface area contributed by atoms with Gasteiger partial charge in [0.2, 0.25) is 10.0 Å². The van der Waals surface area contributed by atoms with Crippen LogP contribution in [0.3, 0.4) is 0 Å². The number of primary sulfonamides is 1. The van der Waals surface area contributed by atoms with Gasteiger partial charge >= 0.3 is 5.97 Å². The van der Waals surface area contributed by atoms with E-state index < -0.39 is 10.0 Å². The number of carbonyl (C=O) groups is 1. The van der Waals surface area contributed by atoms with Crippen LogP contribution in [0.15, 0.2) is 0 Å². The third-order valence-electron chi connectivity index (χ3n) is 3.17. The second-order valence-electron chi connectivity index (χ2n) is 4.82. The average molecular weight is 333 g/mol. The number of nitrogens with one attached hydrogen (secondary N) is 1. The number of hydrogen-bond acceptors (Lipinski definition) is 7. The molecule has 0 saturated carbocycles. The minimum absolute atomic E-state index is 0.0590. The van der Waals surface area contributed by atoms with Crippen molar-refractivity contribution in [2.75, 3.05) is 24.2 Å². The van der Waals surface area contributed by atoms with Gasteiger partial charge in [-0.1, -0.05) is 0 Å². The molecule has 1 aromatic rings. The molecule has 1 aliphatic carbocycles. The number of esters is 1. The molecule has 3 N–H and O–H groups in total. The summed E-state index contributed by atoms with van der Waals surface area (Å²) in [4.78, 5) is 17.4. The zero-order valence-electron chi connectivity index (χ0n) is 11.8. The molecule has 9 heteroatoms. The van der Waals surface area contributed by atoms with Gasteiger partial charge in [-0.15, -0.1) is 11.3 Å². The molecule has 0 bridgehead atoms. The molecule has 0 amide bonds. The Morgan fingerprint density at radius 1 is 1.57 bits per heavy atom. The number of carbonyl (C=O) groups excluding carboxylic acids is 1. The van der Waals surface area contributed by atoms with Crippen LogP contribution in [0.5, 0.6) is 0 Å². The first kappa shape index (κ1) is 16.2. The maximum atomic E-state index is 11.8. The van der Waals surface area contributed by atoms with Crippen molar-refractivity contribution in [2.24, 2.45) is 5.14 Å². The number of aryl methyl sites for hydroxylation is 1. The lowest BCUT2D eigenvalue weighted by molar-refractivity contribution is -0.145. The Morgan fingerprint density at radius 2 is 2.33 bits per heavy atom. The zero-order valence-corrected chi connectivity index (χ0v) is 13.4. The first-order valence-corrected chi connectivity index (χ1v) is 9.34. The van der Waals surface area contributed by atoms with Crippen LogP contribution in [0, 0.1) is 0 Å². The van der Waals surface area contributed by atoms with E-state index in [9.17, 15) is 13.2 Å². The lowest BCUT2D eigenvalue weighted by Crippen LogP contribution is -2.18. The summed E-state index contributed by atoms with van der Waals surface area (Å²) >= 11 is 1.51. The predicted molar refractivity (Wildman–Crippen MR) is 80.9 cm³/mol. The van der Waals surface area contributed by atoms with Crippen LogP contribution >= 0.6 is 11.3 Å². The standard InChI is InChI=1S/C12H19N3O4S2/c1-2-19-11(16)8-4-5-9-10(8)15-12(20-9)14-6-3-7-21(13,17)18/h8H,2-7H2,1H3,(H,14,15)(H2,13,17,18). The Balaban J connectivity index is 1.91. The lowest BCUT2D eigenvalue weighted by Gasteiger charge is -2.08. The largest absolute Gasteiger partial charge is 0.465 e. The van der Waals surface area contributed by atoms with Gasteiger partial charge in [-0.2, -0.15) is 0 Å². The highest BCUT2D eigenvalue weighted by Gasteiger charge is 2.33. The number of rotatable bonds is 7. The number of anilines is 1. The lowest BCUT2D eigenvalue weighted by atomic mass is 10.1. The second kappa shape index (κ2) is 6.71. The highest BCUT2D eigenvalue weighted by atomic mass is 32.2. The fourth-order valence-electron chi connectivity index (χ4n) is 2.24. The molecule has 0 saturated heterocycles. The first-order valence-electron chi connectivity index (χ1n) is 6.81. The number of ether oxygens (including phenoxy) is 1. The van der Waals surface area contributed by atoms with Crippen LogP contribution in [-0.4, -0.2) is 38.3 Å². The smallest absolute Gasteiger partial charge is 0.315 e. The van der Waals surface area contributed by atoms with E-state index >= 15 is 0 Å². The Labute approximate surface area is 127 Å². The summed E-state index contributed by atoms with van der Waals surface area (Å²) in [5.74, 6) is -0.546. The molecule has 7 nitrogen and oxygen atoms in total. The summed E-state index contributed by atoms with van der Waals surface area (Å²) in [6, 6.07) is 0. The van der Waals surface area contributed by atoms with E-state index in [1.807, 2.05) is 0 Å². The van der Waals surface area contributed by atoms with Crippen molar-refractivity contribution in [1.82, 2.24) is 4.98 Å². The van der Waals surface area contributed by atoms with Gasteiger partial charge in [0.25, 0.3) is 0 Å². The Kier molecular flexibility index (Phi) is 5.17. The first-order chi connectivity index (χ1) is 9.90. The number of fused-ring (bicyclic) bond motifs is 1. The summed E-state index contributed by atoms with van der Waals surface area (Å²) in [7, 11) is -3.42. The van der Waals surface area contributed by atoms with Gasteiger partial charge in [0.05, 0.1) is 18.1 Å². The summed E-state index contributed by atoms with van der Waals surface area (Å²) in [6.45, 7) is 2.63. The maximum Gasteiger partial charge on any atom is 0.315 e. The normalized spacial score (nSPS) is 17.5. The Morgan fingerprint density at radius 3 is 3.00 bits per heavy atom. The van der Waals surface area contributed by atoms with E-state index in [0.29, 0.717) is 24.7 Å². The zero-order chi connectivity index (χ0) is 15.5. The molecule has 21 heavy (non-hydrogen) atoms. The molecule has 0 radical (unpaired) electrons. The number of hydrogen-bond donors (Lipinski definition) is 2. The third kappa shape index (κ3) is 4.39. The van der Waals surface area contributed by atoms with Crippen molar-refractivity contribution >= 4 is 32.5 Å². The molecule has 0 fully saturated rings. The Hall–Kier alpha value is -1.19. The van der Waals surface area contributed by atoms with Crippen molar-refractivity contribution in [3.63, 3.8) is 0 Å². The molecule has 2 rings (SSSR count). The molecule has 1 atom stereocenters. The van der Waals surface area contributed by atoms with Crippen LogP contribution < -0.4 is 10.5 Å². The quantitative estimate of drug-likeness (QED) is 0.564. The van der Waals surface area contributed by atoms with Crippen molar-refractivity contribution in [1.29, 1.82) is 0 Å². The SMILES string of the molecule is CCOC(=O)C1CCc2sc(NCCCS(N)(=O)=O)nc21. The summed E-state index contributed by atoms with van der Waals surface area (Å²) in [5.41, 5.74) is 0.799. The van der Waals surface area contributed by atoms with E-state index in [1.165, 1.54) is 11.3 Å². The molecule has 0 spiro atoms. The molecular weight excluding hydrogens is 314 g/mol. The highest BCUT2D eigenvalue weighted by Crippen LogP contribution is 2.38. The van der Waals surface area contributed by atoms with Crippen LogP contribution in [0.1, 0.15) is 36.3 Å². The number of aromatic nitrogens is 1. The van der Waals surface area contributed by atoms with Crippen LogP contribution in [0.4, 0.5) is 5.13 Å². The maximum absolute atomic E-state index is 11.8. The third-order valence-corrected chi connectivity index (χ3v) is 5.12. The van der Waals surface area contributed by atoms with Gasteiger partial charge in [0.15, 0.2) is 5.13 Å². The number of nitrogens with zero attached hydrogens (tertiary/aromatic N) is 1. The second-order valence-corrected chi connectivity index (χ2v) is 7.64. The van der Waals surface area contributed by atoms with Gasteiger partial charge in [0.1, 0.15) is 5.92 Å². The van der Waals surface area contributed by atoms with E-state index in [0.717, 1.165) is 23.4 Å². The van der Waals surface area contributed by atoms with Crippen LogP contribution in [-0.2, 0) is 26.0 Å². The molecule has 1 unspecified atom stereocenters. The minimum atomic E-state index is -3.42. The number of sulfonamides is 1. The van der Waals surface area contributed by atoms with E-state index in [1.54, 1.807) is 6.92 Å². The topological polar surface area (TPSA) is 111 Å². The highest BCUT2D eigenvalue weighted by molar-refractivity contribution is 7.89. The fourth-order valence-corrected chi connectivity index (χ4v) is 3.85. The fraction of sp³-hybridized carbons (Fsp3) is 0.667. The summed E-state index contributed by atoms with van der Waals surface area (Å²) < 4.78 is 26.7. The van der Waals surface area contributed by atoms with E-state index in [4.69, 9.17) is 9.88 Å². The molecule has 0 aromatic carbocycles. The molecule has 1 heterocycles. The number of thiazole rings is 1. The van der Waals surface area contributed by atoms with Crippen molar-refractivity contribution in [2.45, 2.75) is 32.1 Å². The monoisotopic (exact) mass is 333 g/mol. The average Bonchev–Trinajstić information content (AvgIpc) is 2.93. The van der Waals surface area contributed by atoms with E-state index in [-0.39, 0.29) is 17.6 Å². The van der Waals surface area contributed by atoms with Crippen LogP contribution in [0.2, 0.25) is 0 Å². The van der Waals surface area contributed by atoms with Crippen molar-refractivity contribution < 1.29 is 17.9 Å². The van der Waals surface area contributed by atoms with Gasteiger partial charge in [-0.3, -0.25) is 4.79 Å². The minimum Gasteiger partial charge on any atom is -0.465 e. The van der Waals surface area contributed by atoms with Gasteiger partial charge < -0.3 is 10.1 Å². The molecular formula is C12H19N3O4S2. The van der Waals surface area contributed by atoms with Gasteiger partial charge in [0, 0.05) is 11.4 Å². The van der Waals surface area contributed by atoms with Gasteiger partial charge in [-0.05, 0) is 26.2 Å². The summed E-state index contributed by atoms with van der Waals surface area (Å²) in [5, 5.41) is 8.72. The molecule has 118 valence electrons. The molecule has 1 aromatic heterocycles. The molecule has 0 aliphatic heterocycles. The van der Waals surface area contributed by atoms with Gasteiger partial charge in [-0.25, -0.2) is 18.5 Å². The van der Waals surface area contributed by atoms with Crippen molar-refractivity contribution in [3.05, 3.63) is 10.6 Å². The van der Waals surface area contributed by atoms with E-state index in [2.05, 4.69) is 10.3 Å². The predicted octanol–water partition coefficient (Wildman–Crippen LogP) is 0.827. The van der Waals surface area contributed by atoms with Crippen LogP contribution in [0.25, 0.3) is 0 Å². The summed E-state index contributed by atoms with van der Waals surface area (Å²) in [6.07, 6.45) is 2.00. The Bertz CT molecular complexity index is 612.